The minimum Gasteiger partial charge on any atom is -0.481 e. The van der Waals surface area contributed by atoms with Gasteiger partial charge < -0.3 is 14.9 Å². The summed E-state index contributed by atoms with van der Waals surface area (Å²) in [6.45, 7) is 5.34. The van der Waals surface area contributed by atoms with Gasteiger partial charge in [0.25, 0.3) is 11.6 Å². The molecule has 0 bridgehead atoms. The Morgan fingerprint density at radius 2 is 2.12 bits per heavy atom. The van der Waals surface area contributed by atoms with Gasteiger partial charge in [0.05, 0.1) is 28.1 Å². The number of carboxylic acids is 1. The average Bonchev–Trinajstić information content (AvgIpc) is 2.87. The Labute approximate surface area is 139 Å². The van der Waals surface area contributed by atoms with Crippen LogP contribution in [-0.4, -0.2) is 32.7 Å². The molecule has 2 unspecified atom stereocenters. The zero-order valence-corrected chi connectivity index (χ0v) is 14.0. The van der Waals surface area contributed by atoms with Crippen LogP contribution in [0.15, 0.2) is 10.6 Å². The highest BCUT2D eigenvalue weighted by Gasteiger charge is 2.42. The first-order valence-corrected chi connectivity index (χ1v) is 8.11. The van der Waals surface area contributed by atoms with Crippen molar-refractivity contribution < 1.29 is 19.2 Å². The minimum atomic E-state index is -0.866. The van der Waals surface area contributed by atoms with Crippen molar-refractivity contribution in [3.63, 3.8) is 0 Å². The minimum absolute atomic E-state index is 0.313. The summed E-state index contributed by atoms with van der Waals surface area (Å²) in [6, 6.07) is 1.68. The lowest BCUT2D eigenvalue weighted by Gasteiger charge is -2.39. The molecule has 0 saturated heterocycles. The van der Waals surface area contributed by atoms with E-state index in [1.807, 2.05) is 6.92 Å². The molecule has 0 aliphatic heterocycles. The summed E-state index contributed by atoms with van der Waals surface area (Å²) in [6.07, 6.45) is 2.98. The Balaban J connectivity index is 1.98. The number of aliphatic carboxylic acids is 1. The highest BCUT2D eigenvalue weighted by molar-refractivity contribution is 6.06. The van der Waals surface area contributed by atoms with Gasteiger partial charge in [0.1, 0.15) is 0 Å². The Bertz CT molecular complexity index is 814. The van der Waals surface area contributed by atoms with Crippen LogP contribution in [0.5, 0.6) is 0 Å². The number of fused-ring (bicyclic) bond motifs is 1. The molecule has 0 spiro atoms. The number of pyridine rings is 1. The third-order valence-corrected chi connectivity index (χ3v) is 4.89. The summed E-state index contributed by atoms with van der Waals surface area (Å²) in [5, 5.41) is 16.9. The molecule has 0 aromatic carbocycles. The van der Waals surface area contributed by atoms with E-state index in [-0.39, 0.29) is 5.91 Å². The van der Waals surface area contributed by atoms with E-state index in [1.165, 1.54) is 0 Å². The first-order valence-electron chi connectivity index (χ1n) is 8.11. The standard InChI is InChI=1S/C17H21N3O4/c1-9-8-11(13-10(2)20-24-15(13)18-9)14(21)19-17(3)7-5-4-6-12(17)16(22)23/h8,12H,4-7H2,1-3H3,(H,19,21)(H,22,23). The molecule has 1 aliphatic rings. The van der Waals surface area contributed by atoms with Crippen LogP contribution in [0.2, 0.25) is 0 Å². The van der Waals surface area contributed by atoms with Crippen LogP contribution in [0.25, 0.3) is 11.1 Å². The monoisotopic (exact) mass is 331 g/mol. The van der Waals surface area contributed by atoms with Crippen molar-refractivity contribution >= 4 is 23.0 Å². The topological polar surface area (TPSA) is 105 Å². The average molecular weight is 331 g/mol. The van der Waals surface area contributed by atoms with E-state index >= 15 is 0 Å². The van der Waals surface area contributed by atoms with E-state index < -0.39 is 17.4 Å². The van der Waals surface area contributed by atoms with Crippen LogP contribution < -0.4 is 5.32 Å². The molecule has 1 amide bonds. The molecule has 2 aromatic rings. The number of carboxylic acid groups (broad SMARTS) is 1. The van der Waals surface area contributed by atoms with Crippen molar-refractivity contribution in [3.8, 4) is 0 Å². The van der Waals surface area contributed by atoms with Crippen LogP contribution in [0.3, 0.4) is 0 Å². The first kappa shape index (κ1) is 16.4. The number of amides is 1. The molecule has 2 N–H and O–H groups in total. The maximum Gasteiger partial charge on any atom is 0.308 e. The van der Waals surface area contributed by atoms with Gasteiger partial charge in [-0.15, -0.1) is 0 Å². The number of nitrogens with one attached hydrogen (secondary N) is 1. The van der Waals surface area contributed by atoms with Gasteiger partial charge in [0.2, 0.25) is 0 Å². The lowest BCUT2D eigenvalue weighted by molar-refractivity contribution is -0.145. The zero-order valence-electron chi connectivity index (χ0n) is 14.0. The van der Waals surface area contributed by atoms with Gasteiger partial charge in [0.15, 0.2) is 0 Å². The lowest BCUT2D eigenvalue weighted by atomic mass is 9.73. The summed E-state index contributed by atoms with van der Waals surface area (Å²) < 4.78 is 5.16. The fraction of sp³-hybridized carbons (Fsp3) is 0.529. The SMILES string of the molecule is Cc1cc(C(=O)NC2(C)CCCCC2C(=O)O)c2c(C)noc2n1. The second-order valence-electron chi connectivity index (χ2n) is 6.77. The van der Waals surface area contributed by atoms with Crippen molar-refractivity contribution in [2.75, 3.05) is 0 Å². The van der Waals surface area contributed by atoms with Crippen molar-refractivity contribution in [2.24, 2.45) is 5.92 Å². The normalized spacial score (nSPS) is 24.0. The van der Waals surface area contributed by atoms with E-state index in [2.05, 4.69) is 15.5 Å². The molecule has 2 aromatic heterocycles. The smallest absolute Gasteiger partial charge is 0.308 e. The maximum atomic E-state index is 12.9. The predicted octanol–water partition coefficient (Wildman–Crippen LogP) is 2.60. The second kappa shape index (κ2) is 5.89. The molecular weight excluding hydrogens is 310 g/mol. The number of rotatable bonds is 3. The highest BCUT2D eigenvalue weighted by atomic mass is 16.5. The molecule has 2 atom stereocenters. The van der Waals surface area contributed by atoms with Gasteiger partial charge in [0, 0.05) is 5.69 Å². The van der Waals surface area contributed by atoms with Crippen molar-refractivity contribution in [1.82, 2.24) is 15.5 Å². The lowest BCUT2D eigenvalue weighted by Crippen LogP contribution is -2.55. The van der Waals surface area contributed by atoms with E-state index in [4.69, 9.17) is 4.52 Å². The number of hydrogen-bond acceptors (Lipinski definition) is 5. The highest BCUT2D eigenvalue weighted by Crippen LogP contribution is 2.34. The van der Waals surface area contributed by atoms with Crippen LogP contribution in [-0.2, 0) is 4.79 Å². The van der Waals surface area contributed by atoms with Gasteiger partial charge in [-0.05, 0) is 39.7 Å². The molecule has 7 nitrogen and oxygen atoms in total. The largest absolute Gasteiger partial charge is 0.481 e. The maximum absolute atomic E-state index is 12.9. The van der Waals surface area contributed by atoms with Gasteiger partial charge in [-0.2, -0.15) is 0 Å². The van der Waals surface area contributed by atoms with Crippen LogP contribution in [0, 0.1) is 19.8 Å². The Morgan fingerprint density at radius 1 is 1.38 bits per heavy atom. The zero-order chi connectivity index (χ0) is 17.5. The summed E-state index contributed by atoms with van der Waals surface area (Å²) in [5.74, 6) is -1.76. The van der Waals surface area contributed by atoms with E-state index in [9.17, 15) is 14.7 Å². The summed E-state index contributed by atoms with van der Waals surface area (Å²) in [7, 11) is 0. The van der Waals surface area contributed by atoms with Crippen LogP contribution >= 0.6 is 0 Å². The predicted molar refractivity (Wildman–Crippen MR) is 86.7 cm³/mol. The quantitative estimate of drug-likeness (QED) is 0.895. The molecule has 24 heavy (non-hydrogen) atoms. The van der Waals surface area contributed by atoms with Gasteiger partial charge in [-0.3, -0.25) is 9.59 Å². The first-order chi connectivity index (χ1) is 11.3. The molecule has 3 rings (SSSR count). The molecule has 0 radical (unpaired) electrons. The molecule has 7 heteroatoms. The molecular formula is C17H21N3O4. The van der Waals surface area contributed by atoms with Crippen molar-refractivity contribution in [2.45, 2.75) is 52.0 Å². The molecule has 1 aliphatic carbocycles. The van der Waals surface area contributed by atoms with Crippen LogP contribution in [0.4, 0.5) is 0 Å². The van der Waals surface area contributed by atoms with Gasteiger partial charge in [-0.1, -0.05) is 18.0 Å². The third-order valence-electron chi connectivity index (χ3n) is 4.89. The molecule has 128 valence electrons. The van der Waals surface area contributed by atoms with E-state index in [0.29, 0.717) is 40.9 Å². The number of carbonyl (C=O) groups is 2. The fourth-order valence-corrected chi connectivity index (χ4v) is 3.60. The summed E-state index contributed by atoms with van der Waals surface area (Å²) in [4.78, 5) is 28.7. The van der Waals surface area contributed by atoms with Gasteiger partial charge >= 0.3 is 5.97 Å². The Hall–Kier alpha value is -2.44. The number of nitrogens with zero attached hydrogens (tertiary/aromatic N) is 2. The molecule has 1 saturated carbocycles. The molecule has 1 fully saturated rings. The Kier molecular flexibility index (Phi) is 4.03. The summed E-state index contributed by atoms with van der Waals surface area (Å²) >= 11 is 0. The van der Waals surface area contributed by atoms with Crippen LogP contribution in [0.1, 0.15) is 54.4 Å². The summed E-state index contributed by atoms with van der Waals surface area (Å²) in [5.41, 5.74) is 1.21. The van der Waals surface area contributed by atoms with Gasteiger partial charge in [-0.25, -0.2) is 4.98 Å². The molecule has 2 heterocycles. The fourth-order valence-electron chi connectivity index (χ4n) is 3.60. The number of aromatic nitrogens is 2. The van der Waals surface area contributed by atoms with Crippen molar-refractivity contribution in [1.29, 1.82) is 0 Å². The number of aryl methyl sites for hydroxylation is 2. The number of carbonyl (C=O) groups excluding carboxylic acids is 1. The second-order valence-corrected chi connectivity index (χ2v) is 6.77. The van der Waals surface area contributed by atoms with E-state index in [0.717, 1.165) is 12.8 Å². The third kappa shape index (κ3) is 2.74. The number of hydrogen-bond donors (Lipinski definition) is 2. The Morgan fingerprint density at radius 3 is 2.83 bits per heavy atom. The van der Waals surface area contributed by atoms with E-state index in [1.54, 1.807) is 19.9 Å². The van der Waals surface area contributed by atoms with Crippen molar-refractivity contribution in [3.05, 3.63) is 23.0 Å².